The molecule has 1 atom stereocenters. The molecule has 6 heteroatoms. The van der Waals surface area contributed by atoms with Gasteiger partial charge in [-0.15, -0.1) is 0 Å². The van der Waals surface area contributed by atoms with E-state index in [0.717, 1.165) is 24.3 Å². The fraction of sp³-hybridized carbons (Fsp3) is 0.462. The van der Waals surface area contributed by atoms with E-state index >= 15 is 0 Å². The smallest absolute Gasteiger partial charge is 0.254 e. The first-order valence-electron chi connectivity index (χ1n) is 5.83. The topological polar surface area (TPSA) is 38.3 Å². The van der Waals surface area contributed by atoms with Crippen molar-refractivity contribution in [3.63, 3.8) is 0 Å². The van der Waals surface area contributed by atoms with E-state index in [1.165, 1.54) is 0 Å². The van der Waals surface area contributed by atoms with Crippen LogP contribution in [0.15, 0.2) is 18.2 Å². The Morgan fingerprint density at radius 1 is 1.47 bits per heavy atom. The first-order chi connectivity index (χ1) is 9.08. The van der Waals surface area contributed by atoms with Crippen molar-refractivity contribution in [1.29, 1.82) is 0 Å². The molecule has 0 aliphatic carbocycles. The highest BCUT2D eigenvalue weighted by Gasteiger charge is 2.14. The Balaban J connectivity index is 2.54. The van der Waals surface area contributed by atoms with Gasteiger partial charge < -0.3 is 10.1 Å². The van der Waals surface area contributed by atoms with Crippen molar-refractivity contribution >= 4 is 17.7 Å². The monoisotopic (exact) mass is 289 g/mol. The van der Waals surface area contributed by atoms with Crippen molar-refractivity contribution in [3.05, 3.63) is 35.4 Å². The van der Waals surface area contributed by atoms with Gasteiger partial charge in [-0.2, -0.15) is 11.8 Å². The number of thioether (sulfide) groups is 1. The quantitative estimate of drug-likeness (QED) is 0.838. The van der Waals surface area contributed by atoms with Crippen molar-refractivity contribution in [2.45, 2.75) is 12.5 Å². The second kappa shape index (κ2) is 8.12. The summed E-state index contributed by atoms with van der Waals surface area (Å²) in [6.45, 7) is 0.298. The molecule has 0 radical (unpaired) electrons. The van der Waals surface area contributed by atoms with E-state index in [-0.39, 0.29) is 11.7 Å². The van der Waals surface area contributed by atoms with Gasteiger partial charge in [0.2, 0.25) is 0 Å². The zero-order valence-corrected chi connectivity index (χ0v) is 11.7. The van der Waals surface area contributed by atoms with Crippen LogP contribution < -0.4 is 5.32 Å². The Kier molecular flexibility index (Phi) is 6.80. The number of rotatable bonds is 7. The summed E-state index contributed by atoms with van der Waals surface area (Å²) in [5.41, 5.74) is -0.166. The number of benzene rings is 1. The van der Waals surface area contributed by atoms with Gasteiger partial charge in [0.15, 0.2) is 0 Å². The van der Waals surface area contributed by atoms with Crippen LogP contribution in [0.4, 0.5) is 8.78 Å². The van der Waals surface area contributed by atoms with E-state index in [1.807, 2.05) is 6.26 Å². The Labute approximate surface area is 115 Å². The number of halogens is 2. The molecule has 0 aliphatic rings. The van der Waals surface area contributed by atoms with Crippen LogP contribution in [0.2, 0.25) is 0 Å². The number of carbonyl (C=O) groups is 1. The molecule has 1 rings (SSSR count). The predicted molar refractivity (Wildman–Crippen MR) is 72.5 cm³/mol. The van der Waals surface area contributed by atoms with Crippen LogP contribution >= 0.6 is 11.8 Å². The van der Waals surface area contributed by atoms with Gasteiger partial charge in [-0.05, 0) is 30.6 Å². The highest BCUT2D eigenvalue weighted by molar-refractivity contribution is 7.98. The maximum Gasteiger partial charge on any atom is 0.254 e. The molecule has 0 saturated heterocycles. The molecule has 0 saturated carbocycles. The number of methoxy groups -OCH3 is 1. The summed E-state index contributed by atoms with van der Waals surface area (Å²) in [5.74, 6) is -1.22. The van der Waals surface area contributed by atoms with Crippen LogP contribution in [0.25, 0.3) is 0 Å². The Morgan fingerprint density at radius 2 is 2.21 bits per heavy atom. The Bertz CT molecular complexity index is 429. The van der Waals surface area contributed by atoms with Crippen molar-refractivity contribution in [2.75, 3.05) is 25.7 Å². The molecule has 1 N–H and O–H groups in total. The third kappa shape index (κ3) is 5.16. The van der Waals surface area contributed by atoms with Crippen LogP contribution in [0.1, 0.15) is 16.8 Å². The minimum absolute atomic E-state index is 0.111. The lowest BCUT2D eigenvalue weighted by atomic mass is 10.2. The molecule has 0 spiro atoms. The summed E-state index contributed by atoms with van der Waals surface area (Å²) >= 11 is 1.69. The summed E-state index contributed by atoms with van der Waals surface area (Å²) in [6.07, 6.45) is 2.67. The highest BCUT2D eigenvalue weighted by atomic mass is 32.2. The number of carbonyl (C=O) groups excluding carboxylic acids is 1. The highest BCUT2D eigenvalue weighted by Crippen LogP contribution is 2.09. The Morgan fingerprint density at radius 3 is 2.79 bits per heavy atom. The van der Waals surface area contributed by atoms with Crippen molar-refractivity contribution in [1.82, 2.24) is 5.32 Å². The van der Waals surface area contributed by atoms with Crippen LogP contribution in [0.5, 0.6) is 0 Å². The molecular formula is C13H17F2NO2S. The van der Waals surface area contributed by atoms with Gasteiger partial charge in [-0.25, -0.2) is 8.78 Å². The largest absolute Gasteiger partial charge is 0.380 e. The molecular weight excluding hydrogens is 272 g/mol. The summed E-state index contributed by atoms with van der Waals surface area (Å²) in [5, 5.41) is 2.58. The minimum Gasteiger partial charge on any atom is -0.380 e. The van der Waals surface area contributed by atoms with Gasteiger partial charge in [0.1, 0.15) is 11.6 Å². The maximum atomic E-state index is 13.4. The number of hydrogen-bond acceptors (Lipinski definition) is 3. The van der Waals surface area contributed by atoms with Crippen molar-refractivity contribution in [3.8, 4) is 0 Å². The lowest BCUT2D eigenvalue weighted by Crippen LogP contribution is -2.34. The van der Waals surface area contributed by atoms with E-state index in [4.69, 9.17) is 4.74 Å². The molecule has 0 bridgehead atoms. The molecule has 1 unspecified atom stereocenters. The molecule has 1 aromatic rings. The average Bonchev–Trinajstić information content (AvgIpc) is 2.38. The SMILES string of the molecule is COC(CCSC)CNC(=O)c1ccc(F)cc1F. The second-order valence-electron chi connectivity index (χ2n) is 3.97. The van der Waals surface area contributed by atoms with Gasteiger partial charge in [-0.3, -0.25) is 4.79 Å². The van der Waals surface area contributed by atoms with E-state index in [0.29, 0.717) is 12.6 Å². The third-order valence-corrected chi connectivity index (χ3v) is 3.29. The van der Waals surface area contributed by atoms with Gasteiger partial charge in [-0.1, -0.05) is 0 Å². The standard InChI is InChI=1S/C13H17F2NO2S/c1-18-10(5-6-19-2)8-16-13(17)11-4-3-9(14)7-12(11)15/h3-4,7,10H,5-6,8H2,1-2H3,(H,16,17). The number of ether oxygens (including phenoxy) is 1. The average molecular weight is 289 g/mol. The fourth-order valence-corrected chi connectivity index (χ4v) is 2.03. The number of amides is 1. The van der Waals surface area contributed by atoms with Crippen LogP contribution in [-0.4, -0.2) is 37.7 Å². The second-order valence-corrected chi connectivity index (χ2v) is 4.96. The molecule has 1 amide bonds. The van der Waals surface area contributed by atoms with E-state index in [2.05, 4.69) is 5.32 Å². The van der Waals surface area contributed by atoms with E-state index < -0.39 is 17.5 Å². The van der Waals surface area contributed by atoms with Gasteiger partial charge >= 0.3 is 0 Å². The minimum atomic E-state index is -0.865. The molecule has 0 heterocycles. The van der Waals surface area contributed by atoms with Gasteiger partial charge in [0, 0.05) is 19.7 Å². The van der Waals surface area contributed by atoms with Crippen LogP contribution in [0.3, 0.4) is 0 Å². The summed E-state index contributed by atoms with van der Waals surface area (Å²) in [4.78, 5) is 11.7. The van der Waals surface area contributed by atoms with Crippen LogP contribution in [0, 0.1) is 11.6 Å². The summed E-state index contributed by atoms with van der Waals surface area (Å²) < 4.78 is 31.3. The van der Waals surface area contributed by atoms with E-state index in [1.54, 1.807) is 18.9 Å². The van der Waals surface area contributed by atoms with Crippen molar-refractivity contribution < 1.29 is 18.3 Å². The molecule has 1 aromatic carbocycles. The normalized spacial score (nSPS) is 12.2. The predicted octanol–water partition coefficient (Wildman–Crippen LogP) is 2.46. The lowest BCUT2D eigenvalue weighted by molar-refractivity contribution is 0.0816. The molecule has 0 aliphatic heterocycles. The molecule has 0 fully saturated rings. The third-order valence-electron chi connectivity index (χ3n) is 2.64. The molecule has 19 heavy (non-hydrogen) atoms. The molecule has 106 valence electrons. The molecule has 0 aromatic heterocycles. The zero-order valence-electron chi connectivity index (χ0n) is 10.9. The van der Waals surface area contributed by atoms with Crippen molar-refractivity contribution in [2.24, 2.45) is 0 Å². The van der Waals surface area contributed by atoms with Crippen LogP contribution in [-0.2, 0) is 4.74 Å². The summed E-state index contributed by atoms with van der Waals surface area (Å²) in [6, 6.07) is 2.87. The first kappa shape index (κ1) is 15.9. The number of nitrogens with one attached hydrogen (secondary N) is 1. The molecule has 3 nitrogen and oxygen atoms in total. The maximum absolute atomic E-state index is 13.4. The number of hydrogen-bond donors (Lipinski definition) is 1. The summed E-state index contributed by atoms with van der Waals surface area (Å²) in [7, 11) is 1.57. The van der Waals surface area contributed by atoms with Gasteiger partial charge in [0.25, 0.3) is 5.91 Å². The Hall–Kier alpha value is -1.14. The zero-order chi connectivity index (χ0) is 14.3. The first-order valence-corrected chi connectivity index (χ1v) is 7.22. The fourth-order valence-electron chi connectivity index (χ4n) is 1.53. The van der Waals surface area contributed by atoms with E-state index in [9.17, 15) is 13.6 Å². The van der Waals surface area contributed by atoms with Gasteiger partial charge in [0.05, 0.1) is 11.7 Å². The lowest BCUT2D eigenvalue weighted by Gasteiger charge is -2.15.